The molecular weight excluding hydrogens is 176 g/mol. The first kappa shape index (κ1) is 8.74. The molecule has 0 bridgehead atoms. The van der Waals surface area contributed by atoms with Crippen molar-refractivity contribution in [3.8, 4) is 5.75 Å². The minimum absolute atomic E-state index is 0. The zero-order valence-corrected chi connectivity index (χ0v) is 6.95. The van der Waals surface area contributed by atoms with Crippen molar-refractivity contribution in [3.05, 3.63) is 30.6 Å². The van der Waals surface area contributed by atoms with Crippen molar-refractivity contribution in [2.24, 2.45) is 0 Å². The van der Waals surface area contributed by atoms with Gasteiger partial charge in [0.15, 0.2) is 0 Å². The van der Waals surface area contributed by atoms with Crippen LogP contribution < -0.4 is 0 Å². The zero-order chi connectivity index (χ0) is 7.68. The average Bonchev–Trinajstić information content (AvgIpc) is 2.04. The van der Waals surface area contributed by atoms with E-state index in [0.29, 0.717) is 5.52 Å². The fraction of sp³-hybridized carbons (Fsp3) is 0. The summed E-state index contributed by atoms with van der Waals surface area (Å²) in [4.78, 5) is 8.07. The Morgan fingerprint density at radius 1 is 1.00 bits per heavy atom. The minimum atomic E-state index is 0. The van der Waals surface area contributed by atoms with Gasteiger partial charge in [0.2, 0.25) is 0 Å². The molecular formula is C8H7ClN2O. The number of nitrogens with zero attached hydrogens (tertiary/aromatic N) is 2. The van der Waals surface area contributed by atoms with E-state index in [1.54, 1.807) is 30.6 Å². The van der Waals surface area contributed by atoms with Crippen LogP contribution in [0.15, 0.2) is 30.6 Å². The van der Waals surface area contributed by atoms with Gasteiger partial charge in [-0.15, -0.1) is 12.4 Å². The van der Waals surface area contributed by atoms with Crippen LogP contribution in [-0.2, 0) is 0 Å². The summed E-state index contributed by atoms with van der Waals surface area (Å²) >= 11 is 0. The molecule has 1 aromatic heterocycles. The number of hydrogen-bond donors (Lipinski definition) is 1. The van der Waals surface area contributed by atoms with Gasteiger partial charge in [0, 0.05) is 18.5 Å². The monoisotopic (exact) mass is 182 g/mol. The van der Waals surface area contributed by atoms with Crippen molar-refractivity contribution in [2.75, 3.05) is 0 Å². The van der Waals surface area contributed by atoms with Crippen molar-refractivity contribution >= 4 is 23.4 Å². The van der Waals surface area contributed by atoms with E-state index < -0.39 is 0 Å². The molecule has 0 atom stereocenters. The lowest BCUT2D eigenvalue weighted by molar-refractivity contribution is 0.476. The van der Waals surface area contributed by atoms with Crippen LogP contribution in [0.1, 0.15) is 0 Å². The number of aromatic nitrogens is 2. The summed E-state index contributed by atoms with van der Waals surface area (Å²) in [5, 5.41) is 9.06. The van der Waals surface area contributed by atoms with Gasteiger partial charge in [0.25, 0.3) is 0 Å². The third-order valence-electron chi connectivity index (χ3n) is 1.45. The van der Waals surface area contributed by atoms with E-state index in [2.05, 4.69) is 9.97 Å². The summed E-state index contributed by atoms with van der Waals surface area (Å²) < 4.78 is 0. The third-order valence-corrected chi connectivity index (χ3v) is 1.45. The zero-order valence-electron chi connectivity index (χ0n) is 6.14. The molecule has 12 heavy (non-hydrogen) atoms. The number of rotatable bonds is 0. The van der Waals surface area contributed by atoms with Crippen molar-refractivity contribution in [1.82, 2.24) is 9.97 Å². The highest BCUT2D eigenvalue weighted by Crippen LogP contribution is 2.14. The molecule has 0 saturated heterocycles. The van der Waals surface area contributed by atoms with Crippen molar-refractivity contribution in [1.29, 1.82) is 0 Å². The molecule has 1 aromatic carbocycles. The van der Waals surface area contributed by atoms with Gasteiger partial charge < -0.3 is 5.11 Å². The van der Waals surface area contributed by atoms with Crippen LogP contribution in [0.25, 0.3) is 11.0 Å². The molecule has 0 radical (unpaired) electrons. The van der Waals surface area contributed by atoms with Crippen molar-refractivity contribution in [2.45, 2.75) is 0 Å². The molecule has 0 spiro atoms. The molecule has 0 amide bonds. The molecule has 0 aliphatic heterocycles. The topological polar surface area (TPSA) is 46.0 Å². The SMILES string of the molecule is Cl.Oc1ccc2nccnc2c1. The van der Waals surface area contributed by atoms with Crippen LogP contribution in [-0.4, -0.2) is 15.1 Å². The summed E-state index contributed by atoms with van der Waals surface area (Å²) in [6.07, 6.45) is 3.22. The van der Waals surface area contributed by atoms with Gasteiger partial charge >= 0.3 is 0 Å². The Labute approximate surface area is 75.5 Å². The minimum Gasteiger partial charge on any atom is -0.508 e. The Hall–Kier alpha value is -1.35. The highest BCUT2D eigenvalue weighted by molar-refractivity contribution is 5.85. The lowest BCUT2D eigenvalue weighted by Crippen LogP contribution is -1.79. The number of phenolic OH excluding ortho intramolecular Hbond substituents is 1. The van der Waals surface area contributed by atoms with E-state index in [1.165, 1.54) is 0 Å². The summed E-state index contributed by atoms with van der Waals surface area (Å²) in [6, 6.07) is 4.91. The first-order valence-electron chi connectivity index (χ1n) is 3.26. The summed E-state index contributed by atoms with van der Waals surface area (Å²) in [6.45, 7) is 0. The lowest BCUT2D eigenvalue weighted by atomic mass is 10.3. The van der Waals surface area contributed by atoms with Crippen molar-refractivity contribution < 1.29 is 5.11 Å². The number of phenols is 1. The second-order valence-electron chi connectivity index (χ2n) is 2.23. The van der Waals surface area contributed by atoms with Gasteiger partial charge in [0.05, 0.1) is 11.0 Å². The molecule has 0 saturated carbocycles. The van der Waals surface area contributed by atoms with Gasteiger partial charge in [-0.3, -0.25) is 9.97 Å². The molecule has 3 nitrogen and oxygen atoms in total. The Bertz CT molecular complexity index is 391. The predicted octanol–water partition coefficient (Wildman–Crippen LogP) is 1.76. The lowest BCUT2D eigenvalue weighted by Gasteiger charge is -1.94. The van der Waals surface area contributed by atoms with E-state index in [1.807, 2.05) is 0 Å². The molecule has 1 N–H and O–H groups in total. The van der Waals surface area contributed by atoms with Crippen molar-refractivity contribution in [3.63, 3.8) is 0 Å². The van der Waals surface area contributed by atoms with E-state index in [4.69, 9.17) is 5.11 Å². The number of halogens is 1. The average molecular weight is 183 g/mol. The second kappa shape index (κ2) is 3.36. The van der Waals surface area contributed by atoms with Crippen LogP contribution in [0.4, 0.5) is 0 Å². The number of fused-ring (bicyclic) bond motifs is 1. The maximum Gasteiger partial charge on any atom is 0.117 e. The number of benzene rings is 1. The van der Waals surface area contributed by atoms with Gasteiger partial charge in [0.1, 0.15) is 5.75 Å². The molecule has 2 rings (SSSR count). The highest BCUT2D eigenvalue weighted by Gasteiger charge is 1.93. The van der Waals surface area contributed by atoms with Gasteiger partial charge in [-0.05, 0) is 12.1 Å². The van der Waals surface area contributed by atoms with Gasteiger partial charge in [-0.25, -0.2) is 0 Å². The highest BCUT2D eigenvalue weighted by atomic mass is 35.5. The summed E-state index contributed by atoms with van der Waals surface area (Å²) in [7, 11) is 0. The predicted molar refractivity (Wildman–Crippen MR) is 48.5 cm³/mol. The molecule has 0 aliphatic rings. The standard InChI is InChI=1S/C8H6N2O.ClH/c11-6-1-2-7-8(5-6)10-4-3-9-7;/h1-5,11H;1H. The fourth-order valence-corrected chi connectivity index (χ4v) is 0.952. The largest absolute Gasteiger partial charge is 0.508 e. The Balaban J connectivity index is 0.000000720. The quantitative estimate of drug-likeness (QED) is 0.675. The second-order valence-corrected chi connectivity index (χ2v) is 2.23. The smallest absolute Gasteiger partial charge is 0.117 e. The van der Waals surface area contributed by atoms with E-state index in [-0.39, 0.29) is 18.2 Å². The molecule has 1 heterocycles. The van der Waals surface area contributed by atoms with Crippen LogP contribution >= 0.6 is 12.4 Å². The number of hydrogen-bond acceptors (Lipinski definition) is 3. The maximum absolute atomic E-state index is 9.06. The van der Waals surface area contributed by atoms with Gasteiger partial charge in [-0.2, -0.15) is 0 Å². The van der Waals surface area contributed by atoms with Gasteiger partial charge in [-0.1, -0.05) is 0 Å². The van der Waals surface area contributed by atoms with Crippen LogP contribution in [0.2, 0.25) is 0 Å². The summed E-state index contributed by atoms with van der Waals surface area (Å²) in [5.74, 6) is 0.220. The third kappa shape index (κ3) is 1.46. The first-order chi connectivity index (χ1) is 5.36. The molecule has 62 valence electrons. The van der Waals surface area contributed by atoms with Crippen LogP contribution in [0, 0.1) is 0 Å². The molecule has 0 aliphatic carbocycles. The molecule has 4 heteroatoms. The van der Waals surface area contributed by atoms with E-state index in [9.17, 15) is 0 Å². The summed E-state index contributed by atoms with van der Waals surface area (Å²) in [5.41, 5.74) is 1.51. The Kier molecular flexibility index (Phi) is 2.45. The fourth-order valence-electron chi connectivity index (χ4n) is 0.952. The maximum atomic E-state index is 9.06. The normalized spacial score (nSPS) is 9.33. The Morgan fingerprint density at radius 3 is 2.42 bits per heavy atom. The van der Waals surface area contributed by atoms with Crippen LogP contribution in [0.5, 0.6) is 5.75 Å². The Morgan fingerprint density at radius 2 is 1.67 bits per heavy atom. The number of aromatic hydroxyl groups is 1. The molecule has 0 unspecified atom stereocenters. The molecule has 2 aromatic rings. The van der Waals surface area contributed by atoms with E-state index in [0.717, 1.165) is 5.52 Å². The molecule has 0 fully saturated rings. The van der Waals surface area contributed by atoms with E-state index >= 15 is 0 Å². The van der Waals surface area contributed by atoms with Crippen LogP contribution in [0.3, 0.4) is 0 Å². The first-order valence-corrected chi connectivity index (χ1v) is 3.26.